The zero-order valence-electron chi connectivity index (χ0n) is 19.2. The minimum Gasteiger partial charge on any atom is -0.483 e. The van der Waals surface area contributed by atoms with E-state index in [1.165, 1.54) is 12.1 Å². The molecule has 0 N–H and O–H groups in total. The number of rotatable bonds is 8. The van der Waals surface area contributed by atoms with Gasteiger partial charge in [-0.25, -0.2) is 4.39 Å². The highest BCUT2D eigenvalue weighted by Gasteiger charge is 2.32. The second-order valence-corrected chi connectivity index (χ2v) is 8.76. The third kappa shape index (κ3) is 6.92. The summed E-state index contributed by atoms with van der Waals surface area (Å²) in [6.07, 6.45) is 0.0213. The molecule has 0 aromatic heterocycles. The van der Waals surface area contributed by atoms with Crippen molar-refractivity contribution in [2.45, 2.75) is 45.8 Å². The second-order valence-electron chi connectivity index (χ2n) is 8.32. The van der Waals surface area contributed by atoms with Crippen LogP contribution in [0.3, 0.4) is 0 Å². The van der Waals surface area contributed by atoms with Gasteiger partial charge < -0.3 is 14.4 Å². The van der Waals surface area contributed by atoms with E-state index in [-0.39, 0.29) is 49.4 Å². The van der Waals surface area contributed by atoms with Gasteiger partial charge in [0.2, 0.25) is 0 Å². The van der Waals surface area contributed by atoms with Crippen molar-refractivity contribution >= 4 is 23.5 Å². The predicted molar refractivity (Wildman–Crippen MR) is 125 cm³/mol. The van der Waals surface area contributed by atoms with Crippen LogP contribution >= 0.6 is 11.6 Å². The van der Waals surface area contributed by atoms with Crippen molar-refractivity contribution in [3.05, 3.63) is 64.4 Å². The van der Waals surface area contributed by atoms with Crippen LogP contribution in [-0.4, -0.2) is 60.1 Å². The third-order valence-electron chi connectivity index (χ3n) is 5.75. The van der Waals surface area contributed by atoms with Gasteiger partial charge in [-0.2, -0.15) is 0 Å². The first kappa shape index (κ1) is 25.0. The molecule has 1 aliphatic rings. The molecule has 1 aliphatic heterocycles. The van der Waals surface area contributed by atoms with Crippen LogP contribution in [0.5, 0.6) is 5.75 Å². The Morgan fingerprint density at radius 1 is 1.09 bits per heavy atom. The number of amides is 1. The summed E-state index contributed by atoms with van der Waals surface area (Å²) in [4.78, 5) is 29.0. The summed E-state index contributed by atoms with van der Waals surface area (Å²) in [5.74, 6) is -0.304. The first-order valence-corrected chi connectivity index (χ1v) is 11.5. The normalized spacial score (nSPS) is 18.8. The van der Waals surface area contributed by atoms with E-state index in [9.17, 15) is 14.0 Å². The summed E-state index contributed by atoms with van der Waals surface area (Å²) in [7, 11) is 0. The number of hydrogen-bond donors (Lipinski definition) is 0. The maximum atomic E-state index is 13.2. The molecular weight excluding hydrogens is 447 g/mol. The van der Waals surface area contributed by atoms with Crippen molar-refractivity contribution in [1.82, 2.24) is 9.80 Å². The number of ether oxygens (including phenoxy) is 2. The molecule has 6 nitrogen and oxygen atoms in total. The number of halogens is 2. The first-order valence-electron chi connectivity index (χ1n) is 11.1. The number of carbonyl (C=O) groups is 2. The summed E-state index contributed by atoms with van der Waals surface area (Å²) in [5, 5.41) is 0.479. The van der Waals surface area contributed by atoms with E-state index in [4.69, 9.17) is 21.1 Å². The SMILES string of the molecule is CCOC(=O)Cc1cc(Cl)ccc1OCC(=O)N1CC(C)N(Cc2ccc(F)cc2)CC1C. The van der Waals surface area contributed by atoms with E-state index in [1.807, 2.05) is 11.8 Å². The molecule has 2 aromatic rings. The van der Waals surface area contributed by atoms with Crippen LogP contribution in [-0.2, 0) is 27.3 Å². The lowest BCUT2D eigenvalue weighted by Crippen LogP contribution is -2.58. The predicted octanol–water partition coefficient (Wildman–Crippen LogP) is 4.08. The van der Waals surface area contributed by atoms with Crippen LogP contribution < -0.4 is 4.74 Å². The molecule has 3 rings (SSSR count). The molecule has 2 unspecified atom stereocenters. The number of esters is 1. The molecule has 1 heterocycles. The molecule has 0 bridgehead atoms. The maximum Gasteiger partial charge on any atom is 0.310 e. The van der Waals surface area contributed by atoms with E-state index < -0.39 is 0 Å². The molecule has 1 amide bonds. The zero-order chi connectivity index (χ0) is 24.0. The van der Waals surface area contributed by atoms with Crippen molar-refractivity contribution in [1.29, 1.82) is 0 Å². The minimum absolute atomic E-state index is 0.00182. The number of nitrogens with zero attached hydrogens (tertiary/aromatic N) is 2. The summed E-state index contributed by atoms with van der Waals surface area (Å²) in [5.41, 5.74) is 1.62. The molecule has 8 heteroatoms. The summed E-state index contributed by atoms with van der Waals surface area (Å²) < 4.78 is 24.0. The maximum absolute atomic E-state index is 13.2. The van der Waals surface area contributed by atoms with Crippen LogP contribution in [0.1, 0.15) is 31.9 Å². The standard InChI is InChI=1S/C25H30ClFN2O4/c1-4-32-25(31)12-20-11-21(26)7-10-23(20)33-16-24(30)29-14-17(2)28(13-18(29)3)15-19-5-8-22(27)9-6-19/h5-11,17-18H,4,12-16H2,1-3H3. The average Bonchev–Trinajstić information content (AvgIpc) is 2.77. The van der Waals surface area contributed by atoms with Crippen LogP contribution in [0.4, 0.5) is 4.39 Å². The van der Waals surface area contributed by atoms with Gasteiger partial charge in [0.25, 0.3) is 5.91 Å². The van der Waals surface area contributed by atoms with Crippen molar-refractivity contribution in [2.75, 3.05) is 26.3 Å². The van der Waals surface area contributed by atoms with Gasteiger partial charge in [0.15, 0.2) is 6.61 Å². The zero-order valence-corrected chi connectivity index (χ0v) is 20.0. The Labute approximate surface area is 199 Å². The Morgan fingerprint density at radius 2 is 1.82 bits per heavy atom. The molecule has 178 valence electrons. The number of carbonyl (C=O) groups excluding carboxylic acids is 2. The largest absolute Gasteiger partial charge is 0.483 e. The Morgan fingerprint density at radius 3 is 2.52 bits per heavy atom. The molecule has 1 fully saturated rings. The van der Waals surface area contributed by atoms with Gasteiger partial charge in [-0.05, 0) is 56.7 Å². The van der Waals surface area contributed by atoms with Crippen molar-refractivity contribution in [3.63, 3.8) is 0 Å². The lowest BCUT2D eigenvalue weighted by atomic mass is 10.1. The van der Waals surface area contributed by atoms with Gasteiger partial charge in [0.1, 0.15) is 11.6 Å². The van der Waals surface area contributed by atoms with Crippen molar-refractivity contribution in [2.24, 2.45) is 0 Å². The van der Waals surface area contributed by atoms with Crippen LogP contribution in [0, 0.1) is 5.82 Å². The monoisotopic (exact) mass is 476 g/mol. The van der Waals surface area contributed by atoms with Crippen LogP contribution in [0.15, 0.2) is 42.5 Å². The molecular formula is C25H30ClFN2O4. The lowest BCUT2D eigenvalue weighted by molar-refractivity contribution is -0.142. The highest BCUT2D eigenvalue weighted by molar-refractivity contribution is 6.30. The molecule has 33 heavy (non-hydrogen) atoms. The van der Waals surface area contributed by atoms with Crippen molar-refractivity contribution < 1.29 is 23.5 Å². The molecule has 0 spiro atoms. The van der Waals surface area contributed by atoms with Gasteiger partial charge in [0, 0.05) is 42.3 Å². The molecule has 1 saturated heterocycles. The van der Waals surface area contributed by atoms with Gasteiger partial charge in [-0.3, -0.25) is 14.5 Å². The quantitative estimate of drug-likeness (QED) is 0.537. The Hall–Kier alpha value is -2.64. The molecule has 0 aliphatic carbocycles. The molecule has 0 saturated carbocycles. The minimum atomic E-state index is -0.379. The van der Waals surface area contributed by atoms with Crippen LogP contribution in [0.25, 0.3) is 0 Å². The van der Waals surface area contributed by atoms with Gasteiger partial charge in [-0.15, -0.1) is 0 Å². The van der Waals surface area contributed by atoms with E-state index in [0.717, 1.165) is 5.56 Å². The first-order chi connectivity index (χ1) is 15.8. The summed E-state index contributed by atoms with van der Waals surface area (Å²) >= 11 is 6.07. The number of piperazine rings is 1. The molecule has 2 atom stereocenters. The Kier molecular flexibility index (Phi) is 8.69. The number of hydrogen-bond acceptors (Lipinski definition) is 5. The smallest absolute Gasteiger partial charge is 0.310 e. The molecule has 2 aromatic carbocycles. The fraction of sp³-hybridized carbons (Fsp3) is 0.440. The van der Waals surface area contributed by atoms with Crippen molar-refractivity contribution in [3.8, 4) is 5.75 Å². The second kappa shape index (κ2) is 11.5. The summed E-state index contributed by atoms with van der Waals surface area (Å²) in [6.45, 7) is 7.97. The lowest BCUT2D eigenvalue weighted by Gasteiger charge is -2.44. The van der Waals surface area contributed by atoms with E-state index in [0.29, 0.717) is 36.0 Å². The molecule has 0 radical (unpaired) electrons. The Balaban J connectivity index is 1.59. The van der Waals surface area contributed by atoms with Gasteiger partial charge in [-0.1, -0.05) is 23.7 Å². The van der Waals surface area contributed by atoms with Crippen LogP contribution in [0.2, 0.25) is 5.02 Å². The number of benzene rings is 2. The highest BCUT2D eigenvalue weighted by Crippen LogP contribution is 2.25. The third-order valence-corrected chi connectivity index (χ3v) is 5.98. The fourth-order valence-corrected chi connectivity index (χ4v) is 4.20. The average molecular weight is 477 g/mol. The highest BCUT2D eigenvalue weighted by atomic mass is 35.5. The summed E-state index contributed by atoms with van der Waals surface area (Å²) in [6, 6.07) is 11.6. The van der Waals surface area contributed by atoms with E-state index >= 15 is 0 Å². The topological polar surface area (TPSA) is 59.1 Å². The van der Waals surface area contributed by atoms with E-state index in [1.54, 1.807) is 37.3 Å². The Bertz CT molecular complexity index is 969. The van der Waals surface area contributed by atoms with E-state index in [2.05, 4.69) is 11.8 Å². The van der Waals surface area contributed by atoms with Gasteiger partial charge in [0.05, 0.1) is 13.0 Å². The van der Waals surface area contributed by atoms with Gasteiger partial charge >= 0.3 is 5.97 Å². The fourth-order valence-electron chi connectivity index (χ4n) is 4.01.